The summed E-state index contributed by atoms with van der Waals surface area (Å²) >= 11 is 6.05. The van der Waals surface area contributed by atoms with Gasteiger partial charge < -0.3 is 10.1 Å². The van der Waals surface area contributed by atoms with E-state index >= 15 is 0 Å². The van der Waals surface area contributed by atoms with Crippen LogP contribution in [0.5, 0.6) is 5.75 Å². The lowest BCUT2D eigenvalue weighted by molar-refractivity contribution is 0.0940. The Kier molecular flexibility index (Phi) is 5.45. The van der Waals surface area contributed by atoms with Crippen LogP contribution in [0.25, 0.3) is 0 Å². The van der Waals surface area contributed by atoms with E-state index in [1.165, 1.54) is 0 Å². The van der Waals surface area contributed by atoms with Crippen LogP contribution in [0.3, 0.4) is 0 Å². The molecule has 22 heavy (non-hydrogen) atoms. The Morgan fingerprint density at radius 2 is 1.82 bits per heavy atom. The van der Waals surface area contributed by atoms with E-state index < -0.39 is 0 Å². The van der Waals surface area contributed by atoms with Gasteiger partial charge in [0, 0.05) is 0 Å². The first-order valence-electron chi connectivity index (χ1n) is 7.29. The lowest BCUT2D eigenvalue weighted by Crippen LogP contribution is -2.26. The fourth-order valence-electron chi connectivity index (χ4n) is 2.13. The fraction of sp³-hybridized carbons (Fsp3) is 0.278. The van der Waals surface area contributed by atoms with Crippen LogP contribution < -0.4 is 10.1 Å². The highest BCUT2D eigenvalue weighted by Gasteiger charge is 2.14. The Morgan fingerprint density at radius 3 is 2.50 bits per heavy atom. The van der Waals surface area contributed by atoms with E-state index in [9.17, 15) is 4.79 Å². The number of carbonyl (C=O) groups excluding carboxylic acids is 1. The molecule has 0 saturated carbocycles. The number of carbonyl (C=O) groups is 1. The summed E-state index contributed by atoms with van der Waals surface area (Å²) in [7, 11) is 0. The second-order valence-corrected chi connectivity index (χ2v) is 5.82. The first-order valence-corrected chi connectivity index (χ1v) is 7.67. The van der Waals surface area contributed by atoms with Gasteiger partial charge in [0.2, 0.25) is 0 Å². The molecule has 0 bridgehead atoms. The van der Waals surface area contributed by atoms with Crippen LogP contribution in [0.2, 0.25) is 5.02 Å². The lowest BCUT2D eigenvalue weighted by atomic mass is 10.1. The molecule has 0 aromatic heterocycles. The molecule has 116 valence electrons. The SMILES string of the molecule is CC(C)Oc1cccc([C@@H](C)NC(=O)c2ccccc2Cl)c1. The molecule has 2 rings (SSSR count). The fourth-order valence-corrected chi connectivity index (χ4v) is 2.35. The van der Waals surface area contributed by atoms with Crippen LogP contribution in [0.1, 0.15) is 42.7 Å². The van der Waals surface area contributed by atoms with Crippen molar-refractivity contribution in [2.45, 2.75) is 32.9 Å². The topological polar surface area (TPSA) is 38.3 Å². The van der Waals surface area contributed by atoms with Crippen molar-refractivity contribution in [3.63, 3.8) is 0 Å². The van der Waals surface area contributed by atoms with Gasteiger partial charge in [-0.15, -0.1) is 0 Å². The van der Waals surface area contributed by atoms with Crippen molar-refractivity contribution in [2.24, 2.45) is 0 Å². The zero-order chi connectivity index (χ0) is 16.1. The molecule has 4 heteroatoms. The quantitative estimate of drug-likeness (QED) is 0.874. The molecule has 1 N–H and O–H groups in total. The minimum atomic E-state index is -0.187. The number of nitrogens with one attached hydrogen (secondary N) is 1. The Morgan fingerprint density at radius 1 is 1.09 bits per heavy atom. The number of ether oxygens (including phenoxy) is 1. The van der Waals surface area contributed by atoms with E-state index in [0.29, 0.717) is 10.6 Å². The summed E-state index contributed by atoms with van der Waals surface area (Å²) in [4.78, 5) is 12.3. The molecule has 1 atom stereocenters. The summed E-state index contributed by atoms with van der Waals surface area (Å²) in [6, 6.07) is 14.6. The molecule has 0 radical (unpaired) electrons. The predicted octanol–water partition coefficient (Wildman–Crippen LogP) is 4.62. The number of benzene rings is 2. The zero-order valence-corrected chi connectivity index (χ0v) is 13.7. The third-order valence-electron chi connectivity index (χ3n) is 3.20. The van der Waals surface area contributed by atoms with Crippen molar-refractivity contribution >= 4 is 17.5 Å². The maximum Gasteiger partial charge on any atom is 0.253 e. The normalized spacial score (nSPS) is 12.0. The summed E-state index contributed by atoms with van der Waals surface area (Å²) in [5.41, 5.74) is 1.46. The summed E-state index contributed by atoms with van der Waals surface area (Å²) in [5.74, 6) is 0.611. The van der Waals surface area contributed by atoms with E-state index in [2.05, 4.69) is 5.32 Å². The Labute approximate surface area is 136 Å². The molecule has 0 fully saturated rings. The zero-order valence-electron chi connectivity index (χ0n) is 13.0. The molecular weight excluding hydrogens is 298 g/mol. The van der Waals surface area contributed by atoms with Gasteiger partial charge in [-0.25, -0.2) is 0 Å². The molecule has 0 aliphatic heterocycles. The second-order valence-electron chi connectivity index (χ2n) is 5.41. The van der Waals surface area contributed by atoms with Gasteiger partial charge in [0.1, 0.15) is 5.75 Å². The van der Waals surface area contributed by atoms with Crippen LogP contribution in [0.4, 0.5) is 0 Å². The average molecular weight is 318 g/mol. The molecule has 0 spiro atoms. The minimum Gasteiger partial charge on any atom is -0.491 e. The minimum absolute atomic E-state index is 0.114. The average Bonchev–Trinajstić information content (AvgIpc) is 2.47. The highest BCUT2D eigenvalue weighted by atomic mass is 35.5. The molecule has 0 aliphatic carbocycles. The molecule has 0 aliphatic rings. The monoisotopic (exact) mass is 317 g/mol. The van der Waals surface area contributed by atoms with Crippen LogP contribution in [0.15, 0.2) is 48.5 Å². The molecule has 1 amide bonds. The van der Waals surface area contributed by atoms with E-state index in [1.807, 2.05) is 45.0 Å². The van der Waals surface area contributed by atoms with Crippen LogP contribution in [-0.2, 0) is 0 Å². The Balaban J connectivity index is 2.10. The lowest BCUT2D eigenvalue weighted by Gasteiger charge is -2.17. The number of hydrogen-bond donors (Lipinski definition) is 1. The highest BCUT2D eigenvalue weighted by molar-refractivity contribution is 6.33. The van der Waals surface area contributed by atoms with E-state index in [1.54, 1.807) is 24.3 Å². The predicted molar refractivity (Wildman–Crippen MR) is 89.5 cm³/mol. The van der Waals surface area contributed by atoms with Gasteiger partial charge in [0.25, 0.3) is 5.91 Å². The van der Waals surface area contributed by atoms with E-state index in [0.717, 1.165) is 11.3 Å². The number of rotatable bonds is 5. The molecule has 0 saturated heterocycles. The second kappa shape index (κ2) is 7.32. The van der Waals surface area contributed by atoms with Crippen molar-refractivity contribution in [1.82, 2.24) is 5.32 Å². The van der Waals surface area contributed by atoms with E-state index in [-0.39, 0.29) is 18.1 Å². The maximum absolute atomic E-state index is 12.3. The maximum atomic E-state index is 12.3. The van der Waals surface area contributed by atoms with Gasteiger partial charge in [-0.3, -0.25) is 4.79 Å². The summed E-state index contributed by atoms with van der Waals surface area (Å²) in [5, 5.41) is 3.40. The number of halogens is 1. The van der Waals surface area contributed by atoms with Crippen molar-refractivity contribution in [1.29, 1.82) is 0 Å². The Hall–Kier alpha value is -2.00. The van der Waals surface area contributed by atoms with Crippen LogP contribution in [-0.4, -0.2) is 12.0 Å². The van der Waals surface area contributed by atoms with Gasteiger partial charge in [-0.05, 0) is 50.6 Å². The molecule has 3 nitrogen and oxygen atoms in total. The standard InChI is InChI=1S/C18H20ClNO2/c1-12(2)22-15-8-6-7-14(11-15)13(3)20-18(21)16-9-4-5-10-17(16)19/h4-13H,1-3H3,(H,20,21)/t13-/m1/s1. The van der Waals surface area contributed by atoms with Crippen molar-refractivity contribution in [3.05, 3.63) is 64.7 Å². The largest absolute Gasteiger partial charge is 0.491 e. The number of hydrogen-bond acceptors (Lipinski definition) is 2. The van der Waals surface area contributed by atoms with Gasteiger partial charge in [0.05, 0.1) is 22.7 Å². The first kappa shape index (κ1) is 16.4. The van der Waals surface area contributed by atoms with E-state index in [4.69, 9.17) is 16.3 Å². The summed E-state index contributed by atoms with van der Waals surface area (Å²) in [6.07, 6.45) is 0.114. The van der Waals surface area contributed by atoms with Gasteiger partial charge >= 0.3 is 0 Å². The van der Waals surface area contributed by atoms with Gasteiger partial charge in [0.15, 0.2) is 0 Å². The Bertz CT molecular complexity index is 655. The van der Waals surface area contributed by atoms with Crippen LogP contribution in [0, 0.1) is 0 Å². The summed E-state index contributed by atoms with van der Waals surface area (Å²) in [6.45, 7) is 5.90. The van der Waals surface area contributed by atoms with Gasteiger partial charge in [-0.1, -0.05) is 35.9 Å². The molecule has 0 heterocycles. The van der Waals surface area contributed by atoms with Crippen LogP contribution >= 0.6 is 11.6 Å². The van der Waals surface area contributed by atoms with Gasteiger partial charge in [-0.2, -0.15) is 0 Å². The smallest absolute Gasteiger partial charge is 0.253 e. The molecule has 2 aromatic rings. The third kappa shape index (κ3) is 4.25. The van der Waals surface area contributed by atoms with Crippen molar-refractivity contribution in [2.75, 3.05) is 0 Å². The molecule has 2 aromatic carbocycles. The molecular formula is C18H20ClNO2. The summed E-state index contributed by atoms with van der Waals surface area (Å²) < 4.78 is 5.68. The van der Waals surface area contributed by atoms with Crippen molar-refractivity contribution in [3.8, 4) is 5.75 Å². The third-order valence-corrected chi connectivity index (χ3v) is 3.53. The highest BCUT2D eigenvalue weighted by Crippen LogP contribution is 2.21. The first-order chi connectivity index (χ1) is 10.5. The number of amides is 1. The molecule has 0 unspecified atom stereocenters. The van der Waals surface area contributed by atoms with Crippen molar-refractivity contribution < 1.29 is 9.53 Å².